The van der Waals surface area contributed by atoms with Crippen molar-refractivity contribution in [2.45, 2.75) is 37.5 Å². The van der Waals surface area contributed by atoms with Crippen molar-refractivity contribution in [1.82, 2.24) is 0 Å². The number of nitrogens with zero attached hydrogens (tertiary/aromatic N) is 1. The quantitative estimate of drug-likeness (QED) is 0.604. The van der Waals surface area contributed by atoms with Crippen molar-refractivity contribution in [2.75, 3.05) is 0 Å². The molecule has 12 heavy (non-hydrogen) atoms. The van der Waals surface area contributed by atoms with Crippen LogP contribution in [0.4, 0.5) is 0 Å². The number of nitriles is 1. The molecule has 1 unspecified atom stereocenters. The average Bonchev–Trinajstić information content (AvgIpc) is 2.65. The van der Waals surface area contributed by atoms with Gasteiger partial charge in [-0.2, -0.15) is 5.26 Å². The van der Waals surface area contributed by atoms with Crippen molar-refractivity contribution in [2.24, 2.45) is 17.8 Å². The van der Waals surface area contributed by atoms with Crippen LogP contribution in [0, 0.1) is 29.1 Å². The van der Waals surface area contributed by atoms with Gasteiger partial charge in [-0.15, -0.1) is 11.6 Å². The average molecular weight is 184 g/mol. The minimum Gasteiger partial charge on any atom is -0.197 e. The van der Waals surface area contributed by atoms with Gasteiger partial charge < -0.3 is 0 Å². The van der Waals surface area contributed by atoms with E-state index in [1.54, 1.807) is 0 Å². The molecular formula is C10H14ClN. The minimum absolute atomic E-state index is 0.240. The van der Waals surface area contributed by atoms with Crippen LogP contribution in [0.5, 0.6) is 0 Å². The Morgan fingerprint density at radius 3 is 2.17 bits per heavy atom. The molecule has 0 radical (unpaired) electrons. The van der Waals surface area contributed by atoms with Crippen LogP contribution in [0.25, 0.3) is 0 Å². The zero-order chi connectivity index (χ0) is 8.55. The third kappa shape index (κ3) is 1.33. The summed E-state index contributed by atoms with van der Waals surface area (Å²) in [5.41, 5.74) is 0. The molecule has 1 nitrogen and oxygen atoms in total. The van der Waals surface area contributed by atoms with Crippen LogP contribution in [0.15, 0.2) is 0 Å². The normalized spacial score (nSPS) is 41.2. The van der Waals surface area contributed by atoms with Crippen LogP contribution < -0.4 is 0 Å². The summed E-state index contributed by atoms with van der Waals surface area (Å²) >= 11 is 5.84. The van der Waals surface area contributed by atoms with Crippen LogP contribution >= 0.6 is 11.6 Å². The summed E-state index contributed by atoms with van der Waals surface area (Å²) in [7, 11) is 0. The molecule has 0 amide bonds. The van der Waals surface area contributed by atoms with Crippen LogP contribution in [0.3, 0.4) is 0 Å². The highest BCUT2D eigenvalue weighted by Crippen LogP contribution is 2.51. The Morgan fingerprint density at radius 2 is 1.75 bits per heavy atom. The molecule has 2 rings (SSSR count). The molecule has 2 aliphatic rings. The highest BCUT2D eigenvalue weighted by molar-refractivity contribution is 6.22. The van der Waals surface area contributed by atoms with E-state index in [1.807, 2.05) is 0 Å². The molecule has 0 aromatic heterocycles. The smallest absolute Gasteiger partial charge is 0.120 e. The number of rotatable bonds is 2. The maximum Gasteiger partial charge on any atom is 0.120 e. The molecule has 2 aliphatic carbocycles. The summed E-state index contributed by atoms with van der Waals surface area (Å²) in [6.45, 7) is 0. The second kappa shape index (κ2) is 3.26. The lowest BCUT2D eigenvalue weighted by Gasteiger charge is -2.14. The largest absolute Gasteiger partial charge is 0.197 e. The number of hydrogen-bond donors (Lipinski definition) is 0. The first-order chi connectivity index (χ1) is 5.81. The molecule has 1 atom stereocenters. The lowest BCUT2D eigenvalue weighted by molar-refractivity contribution is 0.383. The first-order valence-corrected chi connectivity index (χ1v) is 5.28. The lowest BCUT2D eigenvalue weighted by Crippen LogP contribution is -2.11. The van der Waals surface area contributed by atoms with Gasteiger partial charge in [0.25, 0.3) is 0 Å². The Labute approximate surface area is 78.7 Å². The Balaban J connectivity index is 1.93. The standard InChI is InChI=1S/C10H14ClN/c11-9(6-12)5-10-7-1-2-8(10)4-3-7/h7-10H,1-5H2. The van der Waals surface area contributed by atoms with Crippen molar-refractivity contribution in [3.05, 3.63) is 0 Å². The molecule has 0 N–H and O–H groups in total. The summed E-state index contributed by atoms with van der Waals surface area (Å²) in [6, 6.07) is 2.13. The monoisotopic (exact) mass is 183 g/mol. The minimum atomic E-state index is -0.240. The SMILES string of the molecule is N#CC(Cl)CC1C2CCC1CC2. The van der Waals surface area contributed by atoms with E-state index in [1.165, 1.54) is 25.7 Å². The van der Waals surface area contributed by atoms with Gasteiger partial charge in [0.15, 0.2) is 0 Å². The molecule has 0 saturated heterocycles. The van der Waals surface area contributed by atoms with Gasteiger partial charge in [0, 0.05) is 0 Å². The lowest BCUT2D eigenvalue weighted by atomic mass is 9.93. The van der Waals surface area contributed by atoms with Crippen molar-refractivity contribution < 1.29 is 0 Å². The number of alkyl halides is 1. The Bertz CT molecular complexity index is 188. The van der Waals surface area contributed by atoms with Gasteiger partial charge in [0.1, 0.15) is 5.38 Å². The molecule has 0 aromatic carbocycles. The third-order valence-corrected chi connectivity index (χ3v) is 3.92. The number of halogens is 1. The van der Waals surface area contributed by atoms with Crippen LogP contribution in [0.2, 0.25) is 0 Å². The van der Waals surface area contributed by atoms with Gasteiger partial charge in [-0.1, -0.05) is 0 Å². The Kier molecular flexibility index (Phi) is 2.28. The second-order valence-electron chi connectivity index (χ2n) is 4.17. The van der Waals surface area contributed by atoms with Gasteiger partial charge in [-0.25, -0.2) is 0 Å². The maximum absolute atomic E-state index is 8.61. The zero-order valence-electron chi connectivity index (χ0n) is 7.17. The van der Waals surface area contributed by atoms with Crippen LogP contribution in [-0.2, 0) is 0 Å². The van der Waals surface area contributed by atoms with E-state index in [0.29, 0.717) is 0 Å². The predicted octanol–water partition coefficient (Wildman–Crippen LogP) is 2.94. The van der Waals surface area contributed by atoms with E-state index in [0.717, 1.165) is 24.2 Å². The molecule has 2 bridgehead atoms. The fraction of sp³-hybridized carbons (Fsp3) is 0.900. The summed E-state index contributed by atoms with van der Waals surface area (Å²) < 4.78 is 0. The fourth-order valence-corrected chi connectivity index (χ4v) is 3.27. The van der Waals surface area contributed by atoms with E-state index in [2.05, 4.69) is 6.07 Å². The van der Waals surface area contributed by atoms with Crippen LogP contribution in [0.1, 0.15) is 32.1 Å². The van der Waals surface area contributed by atoms with Crippen molar-refractivity contribution in [1.29, 1.82) is 5.26 Å². The molecule has 0 aromatic rings. The number of fused-ring (bicyclic) bond motifs is 2. The molecule has 2 fully saturated rings. The second-order valence-corrected chi connectivity index (χ2v) is 4.70. The van der Waals surface area contributed by atoms with E-state index < -0.39 is 0 Å². The third-order valence-electron chi connectivity index (χ3n) is 3.65. The Hall–Kier alpha value is -0.220. The first kappa shape index (κ1) is 8.38. The van der Waals surface area contributed by atoms with Gasteiger partial charge in [0.2, 0.25) is 0 Å². The molecule has 0 spiro atoms. The van der Waals surface area contributed by atoms with Crippen molar-refractivity contribution in [3.63, 3.8) is 0 Å². The topological polar surface area (TPSA) is 23.8 Å². The zero-order valence-corrected chi connectivity index (χ0v) is 7.93. The van der Waals surface area contributed by atoms with Gasteiger partial charge in [-0.3, -0.25) is 0 Å². The molecule has 0 heterocycles. The Morgan fingerprint density at radius 1 is 1.25 bits per heavy atom. The van der Waals surface area contributed by atoms with Gasteiger partial charge >= 0.3 is 0 Å². The summed E-state index contributed by atoms with van der Waals surface area (Å²) in [6.07, 6.45) is 6.51. The van der Waals surface area contributed by atoms with E-state index in [4.69, 9.17) is 16.9 Å². The summed E-state index contributed by atoms with van der Waals surface area (Å²) in [5.74, 6) is 2.60. The molecule has 2 heteroatoms. The van der Waals surface area contributed by atoms with E-state index >= 15 is 0 Å². The highest BCUT2D eigenvalue weighted by atomic mass is 35.5. The first-order valence-electron chi connectivity index (χ1n) is 4.85. The molecule has 66 valence electrons. The molecule has 0 aliphatic heterocycles. The predicted molar refractivity (Wildman–Crippen MR) is 48.8 cm³/mol. The fourth-order valence-electron chi connectivity index (χ4n) is 3.06. The van der Waals surface area contributed by atoms with E-state index in [-0.39, 0.29) is 5.38 Å². The number of hydrogen-bond acceptors (Lipinski definition) is 1. The van der Waals surface area contributed by atoms with Gasteiger partial charge in [0.05, 0.1) is 6.07 Å². The summed E-state index contributed by atoms with van der Waals surface area (Å²) in [5, 5.41) is 8.37. The van der Waals surface area contributed by atoms with Crippen LogP contribution in [-0.4, -0.2) is 5.38 Å². The van der Waals surface area contributed by atoms with Crippen molar-refractivity contribution in [3.8, 4) is 6.07 Å². The maximum atomic E-state index is 8.61. The highest BCUT2D eigenvalue weighted by Gasteiger charge is 2.41. The molecule has 2 saturated carbocycles. The van der Waals surface area contributed by atoms with Crippen molar-refractivity contribution >= 4 is 11.6 Å². The molecular weight excluding hydrogens is 170 g/mol. The van der Waals surface area contributed by atoms with Gasteiger partial charge in [-0.05, 0) is 49.9 Å². The summed E-state index contributed by atoms with van der Waals surface area (Å²) in [4.78, 5) is 0. The van der Waals surface area contributed by atoms with E-state index in [9.17, 15) is 0 Å².